The Kier molecular flexibility index (Phi) is 7.02. The Bertz CT molecular complexity index is 660. The lowest BCUT2D eigenvalue weighted by molar-refractivity contribution is -0.134. The molecule has 4 heteroatoms. The lowest BCUT2D eigenvalue weighted by Gasteiger charge is -2.04. The fraction of sp³-hybridized carbons (Fsp3) is 0.300. The van der Waals surface area contributed by atoms with Crippen LogP contribution >= 0.6 is 0 Å². The molecule has 126 valence electrons. The molecule has 24 heavy (non-hydrogen) atoms. The maximum Gasteiger partial charge on any atom is 0.311 e. The van der Waals surface area contributed by atoms with E-state index in [4.69, 9.17) is 9.47 Å². The van der Waals surface area contributed by atoms with Gasteiger partial charge in [-0.25, -0.2) is 0 Å². The molecule has 0 aliphatic carbocycles. The Balaban J connectivity index is 1.89. The van der Waals surface area contributed by atoms with E-state index in [0.717, 1.165) is 36.3 Å². The van der Waals surface area contributed by atoms with E-state index in [1.807, 2.05) is 36.4 Å². The lowest BCUT2D eigenvalue weighted by Crippen LogP contribution is -2.07. The fourth-order valence-corrected chi connectivity index (χ4v) is 2.14. The van der Waals surface area contributed by atoms with Crippen molar-refractivity contribution < 1.29 is 14.3 Å². The van der Waals surface area contributed by atoms with Crippen LogP contribution in [-0.4, -0.2) is 19.3 Å². The van der Waals surface area contributed by atoms with Gasteiger partial charge in [0, 0.05) is 12.6 Å². The molecule has 0 spiro atoms. The molecule has 0 saturated carbocycles. The van der Waals surface area contributed by atoms with Gasteiger partial charge in [0.25, 0.3) is 0 Å². The molecule has 0 heterocycles. The summed E-state index contributed by atoms with van der Waals surface area (Å²) in [5.74, 6) is 1.19. The first kappa shape index (κ1) is 17.7. The summed E-state index contributed by atoms with van der Waals surface area (Å²) in [6.45, 7) is 2.11. The molecule has 0 fully saturated rings. The third-order valence-corrected chi connectivity index (χ3v) is 3.53. The molecule has 0 aliphatic rings. The van der Waals surface area contributed by atoms with Gasteiger partial charge in [-0.05, 0) is 60.5 Å². The molecule has 4 nitrogen and oxygen atoms in total. The summed E-state index contributed by atoms with van der Waals surface area (Å²) >= 11 is 0. The van der Waals surface area contributed by atoms with E-state index in [2.05, 4.69) is 11.9 Å². The first-order valence-corrected chi connectivity index (χ1v) is 8.20. The number of benzene rings is 2. The molecule has 2 aromatic rings. The number of hydrogen-bond donors (Lipinski definition) is 0. The molecular weight excluding hydrogens is 302 g/mol. The Labute approximate surface area is 143 Å². The monoisotopic (exact) mass is 325 g/mol. The van der Waals surface area contributed by atoms with Crippen LogP contribution in [-0.2, 0) is 4.79 Å². The van der Waals surface area contributed by atoms with Crippen LogP contribution in [0.3, 0.4) is 0 Å². The number of rotatable bonds is 8. The Hall–Kier alpha value is -2.62. The van der Waals surface area contributed by atoms with Gasteiger partial charge in [0.05, 0.1) is 12.8 Å². The topological polar surface area (TPSA) is 47.9 Å². The van der Waals surface area contributed by atoms with Crippen LogP contribution in [0.4, 0.5) is 5.69 Å². The molecule has 0 radical (unpaired) electrons. The SMILES string of the molecule is CCCCCC(=O)Oc1ccc(N=Cc2ccc(OC)cc2)cc1. The van der Waals surface area contributed by atoms with Crippen LogP contribution in [0.1, 0.15) is 38.2 Å². The summed E-state index contributed by atoms with van der Waals surface area (Å²) in [7, 11) is 1.64. The molecule has 0 aromatic heterocycles. The largest absolute Gasteiger partial charge is 0.497 e. The Morgan fingerprint density at radius 2 is 1.67 bits per heavy atom. The van der Waals surface area contributed by atoms with Crippen molar-refractivity contribution in [1.82, 2.24) is 0 Å². The standard InChI is InChI=1S/C20H23NO3/c1-3-4-5-6-20(22)24-19-13-9-17(10-14-19)21-15-16-7-11-18(23-2)12-8-16/h7-15H,3-6H2,1-2H3. The minimum Gasteiger partial charge on any atom is -0.497 e. The van der Waals surface area contributed by atoms with Crippen LogP contribution < -0.4 is 9.47 Å². The molecule has 0 unspecified atom stereocenters. The third-order valence-electron chi connectivity index (χ3n) is 3.53. The van der Waals surface area contributed by atoms with Crippen molar-refractivity contribution >= 4 is 17.9 Å². The number of esters is 1. The van der Waals surface area contributed by atoms with Crippen LogP contribution in [0, 0.1) is 0 Å². The minimum absolute atomic E-state index is 0.182. The molecule has 0 N–H and O–H groups in total. The van der Waals surface area contributed by atoms with Crippen LogP contribution in [0.2, 0.25) is 0 Å². The van der Waals surface area contributed by atoms with E-state index in [-0.39, 0.29) is 5.97 Å². The zero-order valence-corrected chi connectivity index (χ0v) is 14.2. The van der Waals surface area contributed by atoms with Gasteiger partial charge in [0.15, 0.2) is 0 Å². The zero-order chi connectivity index (χ0) is 17.2. The number of methoxy groups -OCH3 is 1. The van der Waals surface area contributed by atoms with Gasteiger partial charge in [-0.3, -0.25) is 9.79 Å². The zero-order valence-electron chi connectivity index (χ0n) is 14.2. The second-order valence-electron chi connectivity index (χ2n) is 5.46. The second kappa shape index (κ2) is 9.50. The van der Waals surface area contributed by atoms with Gasteiger partial charge in [-0.1, -0.05) is 19.8 Å². The van der Waals surface area contributed by atoms with Crippen molar-refractivity contribution in [2.75, 3.05) is 7.11 Å². The second-order valence-corrected chi connectivity index (χ2v) is 5.46. The first-order chi connectivity index (χ1) is 11.7. The number of carbonyl (C=O) groups excluding carboxylic acids is 1. The Morgan fingerprint density at radius 1 is 1.00 bits per heavy atom. The molecule has 0 bridgehead atoms. The highest BCUT2D eigenvalue weighted by Crippen LogP contribution is 2.19. The van der Waals surface area contributed by atoms with Gasteiger partial charge in [0.2, 0.25) is 0 Å². The number of hydrogen-bond acceptors (Lipinski definition) is 4. The van der Waals surface area contributed by atoms with Crippen LogP contribution in [0.5, 0.6) is 11.5 Å². The number of unbranched alkanes of at least 4 members (excludes halogenated alkanes) is 2. The van der Waals surface area contributed by atoms with Gasteiger partial charge < -0.3 is 9.47 Å². The van der Waals surface area contributed by atoms with Gasteiger partial charge >= 0.3 is 5.97 Å². The number of carbonyl (C=O) groups is 1. The highest BCUT2D eigenvalue weighted by atomic mass is 16.5. The van der Waals surface area contributed by atoms with E-state index in [9.17, 15) is 4.79 Å². The fourth-order valence-electron chi connectivity index (χ4n) is 2.14. The molecule has 2 aromatic carbocycles. The van der Waals surface area contributed by atoms with Crippen LogP contribution in [0.15, 0.2) is 53.5 Å². The van der Waals surface area contributed by atoms with Gasteiger partial charge in [-0.15, -0.1) is 0 Å². The summed E-state index contributed by atoms with van der Waals surface area (Å²) in [6.07, 6.45) is 5.26. The van der Waals surface area contributed by atoms with E-state index < -0.39 is 0 Å². The summed E-state index contributed by atoms with van der Waals surface area (Å²) in [5.41, 5.74) is 1.79. The normalized spacial score (nSPS) is 10.8. The summed E-state index contributed by atoms with van der Waals surface area (Å²) in [4.78, 5) is 16.1. The molecule has 0 aliphatic heterocycles. The van der Waals surface area contributed by atoms with Crippen molar-refractivity contribution in [3.8, 4) is 11.5 Å². The molecule has 0 atom stereocenters. The third kappa shape index (κ3) is 5.88. The predicted molar refractivity (Wildman–Crippen MR) is 96.5 cm³/mol. The highest BCUT2D eigenvalue weighted by molar-refractivity contribution is 5.82. The maximum absolute atomic E-state index is 11.7. The van der Waals surface area contributed by atoms with E-state index >= 15 is 0 Å². The average molecular weight is 325 g/mol. The summed E-state index contributed by atoms with van der Waals surface area (Å²) in [5, 5.41) is 0. The molecule has 0 amide bonds. The van der Waals surface area contributed by atoms with Gasteiger partial charge in [-0.2, -0.15) is 0 Å². The average Bonchev–Trinajstić information content (AvgIpc) is 2.62. The van der Waals surface area contributed by atoms with Crippen molar-refractivity contribution in [2.45, 2.75) is 32.6 Å². The number of ether oxygens (including phenoxy) is 2. The van der Waals surface area contributed by atoms with Crippen molar-refractivity contribution in [1.29, 1.82) is 0 Å². The highest BCUT2D eigenvalue weighted by Gasteiger charge is 2.04. The van der Waals surface area contributed by atoms with Crippen LogP contribution in [0.25, 0.3) is 0 Å². The summed E-state index contributed by atoms with van der Waals surface area (Å²) < 4.78 is 10.4. The van der Waals surface area contributed by atoms with Crippen molar-refractivity contribution in [3.05, 3.63) is 54.1 Å². The predicted octanol–water partition coefficient (Wildman–Crippen LogP) is 4.93. The minimum atomic E-state index is -0.182. The van der Waals surface area contributed by atoms with E-state index in [1.165, 1.54) is 0 Å². The summed E-state index contributed by atoms with van der Waals surface area (Å²) in [6, 6.07) is 14.8. The molecule has 0 saturated heterocycles. The van der Waals surface area contributed by atoms with Crippen molar-refractivity contribution in [2.24, 2.45) is 4.99 Å². The first-order valence-electron chi connectivity index (χ1n) is 8.20. The Morgan fingerprint density at radius 3 is 2.29 bits per heavy atom. The molecular formula is C20H23NO3. The molecule has 2 rings (SSSR count). The number of nitrogens with zero attached hydrogens (tertiary/aromatic N) is 1. The smallest absolute Gasteiger partial charge is 0.311 e. The van der Waals surface area contributed by atoms with Crippen molar-refractivity contribution in [3.63, 3.8) is 0 Å². The quantitative estimate of drug-likeness (QED) is 0.299. The lowest BCUT2D eigenvalue weighted by atomic mass is 10.2. The number of aliphatic imine (C=N–C) groups is 1. The van der Waals surface area contributed by atoms with Gasteiger partial charge in [0.1, 0.15) is 11.5 Å². The van der Waals surface area contributed by atoms with E-state index in [1.54, 1.807) is 25.5 Å². The van der Waals surface area contributed by atoms with E-state index in [0.29, 0.717) is 12.2 Å². The maximum atomic E-state index is 11.7.